The number of aromatic nitrogens is 3. The number of hydrogen-bond acceptors (Lipinski definition) is 13. The zero-order valence-corrected chi connectivity index (χ0v) is 41.8. The van der Waals surface area contributed by atoms with Gasteiger partial charge in [0.2, 0.25) is 29.4 Å². The van der Waals surface area contributed by atoms with Gasteiger partial charge in [0.25, 0.3) is 0 Å². The van der Waals surface area contributed by atoms with Crippen LogP contribution in [0.4, 0.5) is 5.69 Å². The third-order valence-corrected chi connectivity index (χ3v) is 14.0. The molecule has 376 valence electrons. The van der Waals surface area contributed by atoms with Crippen LogP contribution in [0.15, 0.2) is 85.2 Å². The Balaban J connectivity index is 0.927. The molecule has 4 atom stereocenters. The Bertz CT molecular complexity index is 2490. The number of hydrogen-bond donors (Lipinski definition) is 6. The number of rotatable bonds is 26. The highest BCUT2D eigenvalue weighted by molar-refractivity contribution is 7.81. The highest BCUT2D eigenvalue weighted by Crippen LogP contribution is 2.45. The maximum absolute atomic E-state index is 13.9. The van der Waals surface area contributed by atoms with E-state index in [2.05, 4.69) is 56.6 Å². The number of amides is 4. The SMILES string of the molecule is C=CC(c1ccc(O)c(OC/C(N)=C/N(N)CCCCCCCCCCn2nnc3c2-c2ccccc2CN(C(=O)CCNC(=O)CCN2C(=O)CC(S)C2=O)c2ccccc2-3)c1O)[C@H](C)[C@@H](C)CC. The first kappa shape index (κ1) is 53.0. The van der Waals surface area contributed by atoms with Crippen LogP contribution in [0.5, 0.6) is 17.2 Å². The van der Waals surface area contributed by atoms with Crippen LogP contribution in [0.25, 0.3) is 22.5 Å². The number of aryl methyl sites for hydroxylation is 1. The largest absolute Gasteiger partial charge is 0.504 e. The summed E-state index contributed by atoms with van der Waals surface area (Å²) in [6.45, 7) is 12.1. The molecule has 0 aliphatic carbocycles. The third kappa shape index (κ3) is 13.3. The monoisotopic (exact) mass is 978 g/mol. The van der Waals surface area contributed by atoms with Crippen LogP contribution < -0.4 is 26.5 Å². The van der Waals surface area contributed by atoms with Gasteiger partial charge in [0.05, 0.1) is 28.9 Å². The maximum Gasteiger partial charge on any atom is 0.242 e. The van der Waals surface area contributed by atoms with Crippen molar-refractivity contribution in [3.63, 3.8) is 0 Å². The summed E-state index contributed by atoms with van der Waals surface area (Å²) >= 11 is 4.13. The lowest BCUT2D eigenvalue weighted by Crippen LogP contribution is -2.37. The average molecular weight is 978 g/mol. The van der Waals surface area contributed by atoms with E-state index >= 15 is 0 Å². The van der Waals surface area contributed by atoms with Gasteiger partial charge in [-0.15, -0.1) is 11.7 Å². The number of carbonyl (C=O) groups excluding carboxylic acids is 4. The number of likely N-dealkylation sites (tertiary alicyclic amines) is 1. The van der Waals surface area contributed by atoms with E-state index < -0.39 is 5.25 Å². The molecule has 4 amide bonds. The molecule has 70 heavy (non-hydrogen) atoms. The van der Waals surface area contributed by atoms with Gasteiger partial charge in [-0.05, 0) is 42.4 Å². The molecule has 3 aromatic carbocycles. The number of benzene rings is 3. The number of hydrazine groups is 1. The topological polar surface area (TPSA) is 222 Å². The summed E-state index contributed by atoms with van der Waals surface area (Å²) in [5, 5.41) is 34.6. The molecule has 1 fully saturated rings. The molecule has 6 rings (SSSR count). The molecule has 17 heteroatoms. The second-order valence-corrected chi connectivity index (χ2v) is 19.2. The summed E-state index contributed by atoms with van der Waals surface area (Å²) in [4.78, 5) is 53.6. The van der Waals surface area contributed by atoms with Crippen LogP contribution in [-0.4, -0.2) is 90.2 Å². The lowest BCUT2D eigenvalue weighted by atomic mass is 9.78. The van der Waals surface area contributed by atoms with Crippen molar-refractivity contribution in [1.82, 2.24) is 30.2 Å². The van der Waals surface area contributed by atoms with Crippen molar-refractivity contribution in [1.29, 1.82) is 0 Å². The average Bonchev–Trinajstić information content (AvgIpc) is 3.87. The number of anilines is 1. The van der Waals surface area contributed by atoms with Gasteiger partial charge in [-0.25, -0.2) is 10.5 Å². The summed E-state index contributed by atoms with van der Waals surface area (Å²) < 4.78 is 7.79. The molecule has 0 saturated carbocycles. The highest BCUT2D eigenvalue weighted by atomic mass is 32.1. The van der Waals surface area contributed by atoms with Crippen molar-refractivity contribution in [2.75, 3.05) is 31.1 Å². The van der Waals surface area contributed by atoms with Gasteiger partial charge in [0.15, 0.2) is 11.5 Å². The lowest BCUT2D eigenvalue weighted by molar-refractivity contribution is -0.138. The molecular formula is C53H71N9O7S. The van der Waals surface area contributed by atoms with E-state index in [0.717, 1.165) is 85.1 Å². The Morgan fingerprint density at radius 1 is 0.957 bits per heavy atom. The number of nitrogens with two attached hydrogens (primary N) is 2. The molecule has 4 aromatic rings. The summed E-state index contributed by atoms with van der Waals surface area (Å²) in [7, 11) is 0. The number of carbonyl (C=O) groups is 4. The van der Waals surface area contributed by atoms with Gasteiger partial charge in [0, 0.05) is 74.2 Å². The molecule has 2 unspecified atom stereocenters. The van der Waals surface area contributed by atoms with E-state index in [1.807, 2.05) is 53.2 Å². The predicted molar refractivity (Wildman–Crippen MR) is 275 cm³/mol. The second-order valence-electron chi connectivity index (χ2n) is 18.5. The maximum atomic E-state index is 13.9. The van der Waals surface area contributed by atoms with Crippen LogP contribution >= 0.6 is 12.6 Å². The van der Waals surface area contributed by atoms with E-state index in [4.69, 9.17) is 21.4 Å². The Labute approximate surface area is 417 Å². The minimum Gasteiger partial charge on any atom is -0.504 e. The van der Waals surface area contributed by atoms with Gasteiger partial charge >= 0.3 is 0 Å². The molecule has 0 bridgehead atoms. The number of phenolic OH excluding ortho intramolecular Hbond substituents is 2. The number of para-hydroxylation sites is 1. The van der Waals surface area contributed by atoms with Crippen LogP contribution in [0.1, 0.15) is 115 Å². The molecule has 3 heterocycles. The number of phenols is 2. The van der Waals surface area contributed by atoms with E-state index in [1.54, 1.807) is 22.2 Å². The van der Waals surface area contributed by atoms with Crippen molar-refractivity contribution in [3.8, 4) is 39.8 Å². The number of ether oxygens (including phenoxy) is 1. The molecule has 2 aliphatic rings. The number of fused-ring (bicyclic) bond motifs is 5. The molecule has 0 radical (unpaired) electrons. The zero-order valence-electron chi connectivity index (χ0n) is 40.9. The lowest BCUT2D eigenvalue weighted by Gasteiger charge is -2.28. The minimum atomic E-state index is -0.668. The number of nitrogens with zero attached hydrogens (tertiary/aromatic N) is 6. The normalized spacial score (nSPS) is 15.8. The first-order valence-corrected chi connectivity index (χ1v) is 25.2. The fourth-order valence-corrected chi connectivity index (χ4v) is 9.56. The second kappa shape index (κ2) is 25.5. The zero-order chi connectivity index (χ0) is 50.3. The molecular weight excluding hydrogens is 907 g/mol. The summed E-state index contributed by atoms with van der Waals surface area (Å²) in [5.41, 5.74) is 12.3. The molecule has 0 spiro atoms. The Kier molecular flexibility index (Phi) is 19.3. The van der Waals surface area contributed by atoms with Gasteiger partial charge in [-0.2, -0.15) is 12.6 Å². The molecule has 1 saturated heterocycles. The van der Waals surface area contributed by atoms with Gasteiger partial charge < -0.3 is 35.9 Å². The molecule has 16 nitrogen and oxygen atoms in total. The Morgan fingerprint density at radius 2 is 1.64 bits per heavy atom. The molecule has 7 N–H and O–H groups in total. The number of unbranched alkanes of at least 4 members (excludes halogenated alkanes) is 7. The first-order valence-electron chi connectivity index (χ1n) is 24.7. The van der Waals surface area contributed by atoms with Crippen molar-refractivity contribution in [2.24, 2.45) is 23.4 Å². The number of imide groups is 1. The van der Waals surface area contributed by atoms with Gasteiger partial charge in [0.1, 0.15) is 12.3 Å². The standard InChI is InChI=1S/C53H71N9O7S/c1-5-35(3)36(4)39(6-2)41-23-24-44(63)52(51(41)67)69-34-38(54)33-59(55)28-17-11-9-7-8-10-12-18-29-62-50-40-20-14-13-19-37(40)32-61(43-22-16-15-21-42(43)49(50)57-58-62)47(65)25-27-56-46(64)26-30-60-48(66)31-45(70)53(60)68/h6,13-16,19-24,33,35-36,39,45,63,67,70H,2,5,7-12,17-18,25-32,34,54-55H2,1,3-4H3,(H,56,64)/b38-33-/t35-,36+,39?,45?/m0/s1. The van der Waals surface area contributed by atoms with Crippen molar-refractivity contribution >= 4 is 41.9 Å². The molecule has 2 aliphatic heterocycles. The van der Waals surface area contributed by atoms with Crippen LogP contribution in [0.3, 0.4) is 0 Å². The minimum absolute atomic E-state index is 0.00997. The summed E-state index contributed by atoms with van der Waals surface area (Å²) in [6, 6.07) is 18.9. The number of thiol groups is 1. The van der Waals surface area contributed by atoms with Crippen molar-refractivity contribution in [3.05, 3.63) is 96.3 Å². The van der Waals surface area contributed by atoms with Crippen molar-refractivity contribution < 1.29 is 34.1 Å². The Morgan fingerprint density at radius 3 is 2.34 bits per heavy atom. The van der Waals surface area contributed by atoms with E-state index in [1.165, 1.54) is 6.07 Å². The van der Waals surface area contributed by atoms with Crippen LogP contribution in [0, 0.1) is 11.8 Å². The van der Waals surface area contributed by atoms with Crippen molar-refractivity contribution in [2.45, 2.75) is 122 Å². The third-order valence-electron chi connectivity index (χ3n) is 13.6. The van der Waals surface area contributed by atoms with Gasteiger partial charge in [-0.3, -0.25) is 24.1 Å². The highest BCUT2D eigenvalue weighted by Gasteiger charge is 2.36. The Hall–Kier alpha value is -6.33. The fourth-order valence-electron chi connectivity index (χ4n) is 9.26. The van der Waals surface area contributed by atoms with E-state index in [0.29, 0.717) is 48.2 Å². The van der Waals surface area contributed by atoms with Crippen LogP contribution in [0.2, 0.25) is 0 Å². The summed E-state index contributed by atoms with van der Waals surface area (Å²) in [5.74, 6) is 5.23. The van der Waals surface area contributed by atoms with E-state index in [9.17, 15) is 29.4 Å². The summed E-state index contributed by atoms with van der Waals surface area (Å²) in [6.07, 6.45) is 12.8. The first-order chi connectivity index (χ1) is 33.7. The fraction of sp³-hybridized carbons (Fsp3) is 0.472. The predicted octanol–water partition coefficient (Wildman–Crippen LogP) is 7.95. The number of allylic oxidation sites excluding steroid dienone is 1. The number of nitrogens with one attached hydrogen (secondary N) is 1. The molecule has 1 aromatic heterocycles. The van der Waals surface area contributed by atoms with Crippen LogP contribution in [-0.2, 0) is 32.3 Å². The quantitative estimate of drug-likeness (QED) is 0.00881. The van der Waals surface area contributed by atoms with Gasteiger partial charge in [-0.1, -0.05) is 126 Å². The number of aromatic hydroxyl groups is 2. The smallest absolute Gasteiger partial charge is 0.242 e. The van der Waals surface area contributed by atoms with E-state index in [-0.39, 0.29) is 91.7 Å².